The molecule has 1 rings (SSSR count). The van der Waals surface area contributed by atoms with Crippen LogP contribution in [0.3, 0.4) is 0 Å². The molecule has 0 aliphatic heterocycles. The third-order valence-electron chi connectivity index (χ3n) is 1.86. The van der Waals surface area contributed by atoms with Crippen molar-refractivity contribution in [2.45, 2.75) is 13.0 Å². The molecule has 0 aromatic heterocycles. The van der Waals surface area contributed by atoms with Gasteiger partial charge in [-0.2, -0.15) is 0 Å². The first-order valence-electron chi connectivity index (χ1n) is 4.37. The van der Waals surface area contributed by atoms with Gasteiger partial charge in [-0.05, 0) is 19.1 Å². The molecule has 15 heavy (non-hydrogen) atoms. The SMILES string of the molecule is CC(Oc1ccccc1C(N)=O)C(N)=S. The minimum Gasteiger partial charge on any atom is -0.483 e. The first-order chi connectivity index (χ1) is 7.02. The van der Waals surface area contributed by atoms with Gasteiger partial charge in [-0.25, -0.2) is 0 Å². The maximum Gasteiger partial charge on any atom is 0.252 e. The molecule has 1 amide bonds. The van der Waals surface area contributed by atoms with Gasteiger partial charge < -0.3 is 16.2 Å². The second kappa shape index (κ2) is 4.75. The molecule has 80 valence electrons. The highest BCUT2D eigenvalue weighted by atomic mass is 32.1. The molecule has 0 spiro atoms. The predicted molar refractivity (Wildman–Crippen MR) is 61.8 cm³/mol. The second-order valence-corrected chi connectivity index (χ2v) is 3.49. The van der Waals surface area contributed by atoms with E-state index in [1.807, 2.05) is 0 Å². The van der Waals surface area contributed by atoms with Gasteiger partial charge in [0.15, 0.2) is 0 Å². The van der Waals surface area contributed by atoms with Gasteiger partial charge in [-0.3, -0.25) is 4.79 Å². The van der Waals surface area contributed by atoms with Crippen molar-refractivity contribution in [1.82, 2.24) is 0 Å². The van der Waals surface area contributed by atoms with Crippen LogP contribution in [-0.2, 0) is 0 Å². The molecule has 0 saturated heterocycles. The third-order valence-corrected chi connectivity index (χ3v) is 2.19. The number of thiocarbonyl (C=S) groups is 1. The molecule has 4 nitrogen and oxygen atoms in total. The van der Waals surface area contributed by atoms with E-state index in [2.05, 4.69) is 0 Å². The van der Waals surface area contributed by atoms with E-state index >= 15 is 0 Å². The fraction of sp³-hybridized carbons (Fsp3) is 0.200. The maximum atomic E-state index is 11.1. The van der Waals surface area contributed by atoms with Crippen LogP contribution >= 0.6 is 12.2 Å². The van der Waals surface area contributed by atoms with Crippen molar-refractivity contribution in [2.75, 3.05) is 0 Å². The second-order valence-electron chi connectivity index (χ2n) is 3.02. The molecular formula is C10H12N2O2S. The summed E-state index contributed by atoms with van der Waals surface area (Å²) in [5.41, 5.74) is 10.9. The summed E-state index contributed by atoms with van der Waals surface area (Å²) in [5.74, 6) is -0.147. The van der Waals surface area contributed by atoms with Crippen molar-refractivity contribution in [3.63, 3.8) is 0 Å². The predicted octanol–water partition coefficient (Wildman–Crippen LogP) is 0.839. The number of primary amides is 1. The molecule has 1 unspecified atom stereocenters. The largest absolute Gasteiger partial charge is 0.483 e. The maximum absolute atomic E-state index is 11.1. The third kappa shape index (κ3) is 2.92. The van der Waals surface area contributed by atoms with Crippen molar-refractivity contribution in [1.29, 1.82) is 0 Å². The molecule has 0 aliphatic carbocycles. The fourth-order valence-corrected chi connectivity index (χ4v) is 1.07. The summed E-state index contributed by atoms with van der Waals surface area (Å²) in [5, 5.41) is 0. The first-order valence-corrected chi connectivity index (χ1v) is 4.78. The van der Waals surface area contributed by atoms with Gasteiger partial charge in [0.25, 0.3) is 5.91 Å². The van der Waals surface area contributed by atoms with Crippen molar-refractivity contribution in [3.8, 4) is 5.75 Å². The van der Waals surface area contributed by atoms with E-state index in [0.29, 0.717) is 11.3 Å². The van der Waals surface area contributed by atoms with Crippen LogP contribution in [0.5, 0.6) is 5.75 Å². The Morgan fingerprint density at radius 3 is 2.53 bits per heavy atom. The topological polar surface area (TPSA) is 78.3 Å². The molecule has 0 radical (unpaired) electrons. The quantitative estimate of drug-likeness (QED) is 0.743. The smallest absolute Gasteiger partial charge is 0.252 e. The van der Waals surface area contributed by atoms with Crippen molar-refractivity contribution in [3.05, 3.63) is 29.8 Å². The zero-order valence-corrected chi connectivity index (χ0v) is 9.08. The Morgan fingerprint density at radius 1 is 1.40 bits per heavy atom. The van der Waals surface area contributed by atoms with Crippen molar-refractivity contribution in [2.24, 2.45) is 11.5 Å². The normalized spacial score (nSPS) is 11.8. The van der Waals surface area contributed by atoms with E-state index in [9.17, 15) is 4.79 Å². The zero-order valence-electron chi connectivity index (χ0n) is 8.27. The molecule has 1 atom stereocenters. The Labute approximate surface area is 93.2 Å². The summed E-state index contributed by atoms with van der Waals surface area (Å²) in [6, 6.07) is 6.69. The van der Waals surface area contributed by atoms with E-state index in [4.69, 9.17) is 28.4 Å². The fourth-order valence-electron chi connectivity index (χ4n) is 1.02. The summed E-state index contributed by atoms with van der Waals surface area (Å²) < 4.78 is 5.40. The molecule has 0 aliphatic rings. The Kier molecular flexibility index (Phi) is 3.62. The Bertz CT molecular complexity index is 393. The summed E-state index contributed by atoms with van der Waals surface area (Å²) in [6.07, 6.45) is -0.430. The van der Waals surface area contributed by atoms with Gasteiger partial charge in [0, 0.05) is 0 Å². The van der Waals surface area contributed by atoms with Crippen LogP contribution < -0.4 is 16.2 Å². The van der Waals surface area contributed by atoms with Crippen LogP contribution in [0.2, 0.25) is 0 Å². The number of rotatable bonds is 4. The number of benzene rings is 1. The zero-order chi connectivity index (χ0) is 11.4. The Hall–Kier alpha value is -1.62. The lowest BCUT2D eigenvalue weighted by molar-refractivity contribution is 0.0995. The molecule has 1 aromatic rings. The van der Waals surface area contributed by atoms with Crippen LogP contribution in [0.1, 0.15) is 17.3 Å². The lowest BCUT2D eigenvalue weighted by Crippen LogP contribution is -2.29. The monoisotopic (exact) mass is 224 g/mol. The van der Waals surface area contributed by atoms with Gasteiger partial charge in [0.1, 0.15) is 16.8 Å². The van der Waals surface area contributed by atoms with Crippen LogP contribution in [0, 0.1) is 0 Å². The minimum atomic E-state index is -0.541. The van der Waals surface area contributed by atoms with E-state index in [-0.39, 0.29) is 4.99 Å². The first kappa shape index (κ1) is 11.5. The van der Waals surface area contributed by atoms with Gasteiger partial charge in [-0.1, -0.05) is 24.4 Å². The summed E-state index contributed by atoms with van der Waals surface area (Å²) >= 11 is 4.76. The Morgan fingerprint density at radius 2 is 2.00 bits per heavy atom. The lowest BCUT2D eigenvalue weighted by Gasteiger charge is -2.14. The number of amides is 1. The number of carbonyl (C=O) groups is 1. The number of carbonyl (C=O) groups excluding carboxylic acids is 1. The van der Waals surface area contributed by atoms with Gasteiger partial charge >= 0.3 is 0 Å². The van der Waals surface area contributed by atoms with Crippen LogP contribution in [-0.4, -0.2) is 17.0 Å². The molecular weight excluding hydrogens is 212 g/mol. The number of ether oxygens (including phenoxy) is 1. The molecule has 0 saturated carbocycles. The minimum absolute atomic E-state index is 0.231. The average Bonchev–Trinajstić information content (AvgIpc) is 2.18. The molecule has 1 aromatic carbocycles. The summed E-state index contributed by atoms with van der Waals surface area (Å²) in [4.78, 5) is 11.3. The van der Waals surface area contributed by atoms with Gasteiger partial charge in [0.2, 0.25) is 0 Å². The number of hydrogen-bond acceptors (Lipinski definition) is 3. The van der Waals surface area contributed by atoms with Gasteiger partial charge in [0.05, 0.1) is 5.56 Å². The highest BCUT2D eigenvalue weighted by Crippen LogP contribution is 2.18. The van der Waals surface area contributed by atoms with Crippen molar-refractivity contribution < 1.29 is 9.53 Å². The van der Waals surface area contributed by atoms with Gasteiger partial charge in [-0.15, -0.1) is 0 Å². The van der Waals surface area contributed by atoms with Crippen LogP contribution in [0.15, 0.2) is 24.3 Å². The van der Waals surface area contributed by atoms with E-state index in [1.54, 1.807) is 31.2 Å². The summed E-state index contributed by atoms with van der Waals surface area (Å²) in [7, 11) is 0. The molecule has 0 fully saturated rings. The van der Waals surface area contributed by atoms with E-state index in [0.717, 1.165) is 0 Å². The molecule has 4 N–H and O–H groups in total. The van der Waals surface area contributed by atoms with Crippen LogP contribution in [0.25, 0.3) is 0 Å². The van der Waals surface area contributed by atoms with Crippen molar-refractivity contribution >= 4 is 23.1 Å². The molecule has 0 bridgehead atoms. The lowest BCUT2D eigenvalue weighted by atomic mass is 10.2. The molecule has 5 heteroatoms. The van der Waals surface area contributed by atoms with E-state index < -0.39 is 12.0 Å². The highest BCUT2D eigenvalue weighted by molar-refractivity contribution is 7.80. The highest BCUT2D eigenvalue weighted by Gasteiger charge is 2.12. The van der Waals surface area contributed by atoms with Crippen LogP contribution in [0.4, 0.5) is 0 Å². The van der Waals surface area contributed by atoms with E-state index in [1.165, 1.54) is 0 Å². The number of para-hydroxylation sites is 1. The molecule has 0 heterocycles. The number of nitrogens with two attached hydrogens (primary N) is 2. The standard InChI is InChI=1S/C10H12N2O2S/c1-6(10(12)15)14-8-5-3-2-4-7(8)9(11)13/h2-6H,1H3,(H2,11,13)(H2,12,15). The number of hydrogen-bond donors (Lipinski definition) is 2. The average molecular weight is 224 g/mol. The Balaban J connectivity index is 2.94. The summed E-state index contributed by atoms with van der Waals surface area (Å²) in [6.45, 7) is 1.71.